The average molecular weight is 334 g/mol. The van der Waals surface area contributed by atoms with E-state index in [0.717, 1.165) is 12.1 Å². The van der Waals surface area contributed by atoms with Crippen molar-refractivity contribution in [2.45, 2.75) is 6.54 Å². The molecule has 2 nitrogen and oxygen atoms in total. The Morgan fingerprint density at radius 3 is 2.59 bits per heavy atom. The Balaban J connectivity index is 1.97. The molecule has 3 heteroatoms. The van der Waals surface area contributed by atoms with E-state index in [4.69, 9.17) is 0 Å². The quantitative estimate of drug-likeness (QED) is 0.654. The predicted octanol–water partition coefficient (Wildman–Crippen LogP) is 3.69. The predicted molar refractivity (Wildman–Crippen MR) is 78.0 cm³/mol. The normalized spacial score (nSPS) is 10.9. The van der Waals surface area contributed by atoms with Gasteiger partial charge in [-0.3, -0.25) is 0 Å². The highest BCUT2D eigenvalue weighted by Gasteiger charge is 2.01. The first-order valence-electron chi connectivity index (χ1n) is 5.47. The second-order valence-electron chi connectivity index (χ2n) is 3.99. The van der Waals surface area contributed by atoms with Crippen molar-refractivity contribution in [2.24, 2.45) is 0 Å². The van der Waals surface area contributed by atoms with E-state index in [9.17, 15) is 0 Å². The molecule has 0 unspecified atom stereocenters. The molecule has 0 saturated heterocycles. The van der Waals surface area contributed by atoms with E-state index in [-0.39, 0.29) is 0 Å². The summed E-state index contributed by atoms with van der Waals surface area (Å²) in [5.41, 5.74) is 3.54. The van der Waals surface area contributed by atoms with Crippen molar-refractivity contribution >= 4 is 33.6 Å². The van der Waals surface area contributed by atoms with Crippen molar-refractivity contribution in [3.05, 3.63) is 64.0 Å². The first kappa shape index (κ1) is 10.8. The third-order valence-corrected chi connectivity index (χ3v) is 3.51. The Kier molecular flexibility index (Phi) is 2.84. The van der Waals surface area contributed by atoms with Crippen LogP contribution in [0.4, 0.5) is 0 Å². The first-order chi connectivity index (χ1) is 8.33. The minimum absolute atomic E-state index is 0.872. The second-order valence-corrected chi connectivity index (χ2v) is 5.23. The fourth-order valence-corrected chi connectivity index (χ4v) is 2.28. The molecule has 1 aromatic heterocycles. The van der Waals surface area contributed by atoms with E-state index in [1.807, 2.05) is 18.5 Å². The lowest BCUT2D eigenvalue weighted by Crippen LogP contribution is -1.97. The summed E-state index contributed by atoms with van der Waals surface area (Å²) in [5, 5.41) is 0. The molecule has 0 bridgehead atoms. The van der Waals surface area contributed by atoms with Crippen molar-refractivity contribution in [3.8, 4) is 0 Å². The Hall–Kier alpha value is -1.36. The van der Waals surface area contributed by atoms with Gasteiger partial charge in [0.05, 0.1) is 17.4 Å². The van der Waals surface area contributed by atoms with Crippen molar-refractivity contribution in [1.82, 2.24) is 9.55 Å². The maximum absolute atomic E-state index is 4.39. The van der Waals surface area contributed by atoms with Crippen LogP contribution in [0.1, 0.15) is 5.56 Å². The van der Waals surface area contributed by atoms with E-state index >= 15 is 0 Å². The summed E-state index contributed by atoms with van der Waals surface area (Å²) in [6.07, 6.45) is 1.91. The molecule has 0 amide bonds. The molecule has 0 aliphatic rings. The summed E-state index contributed by atoms with van der Waals surface area (Å²) < 4.78 is 3.44. The monoisotopic (exact) mass is 334 g/mol. The fourth-order valence-electron chi connectivity index (χ4n) is 1.92. The lowest BCUT2D eigenvalue weighted by molar-refractivity contribution is 0.824. The standard InChI is InChI=1S/C14H11IN2/c15-12-7-5-11(6-8-12)9-17-10-16-13-3-1-2-4-14(13)17/h1-8,10H,9H2. The first-order valence-corrected chi connectivity index (χ1v) is 6.55. The zero-order chi connectivity index (χ0) is 11.7. The van der Waals surface area contributed by atoms with Crippen molar-refractivity contribution in [3.63, 3.8) is 0 Å². The molecule has 0 radical (unpaired) electrons. The maximum atomic E-state index is 4.39. The van der Waals surface area contributed by atoms with Gasteiger partial charge in [0.25, 0.3) is 0 Å². The summed E-state index contributed by atoms with van der Waals surface area (Å²) in [7, 11) is 0. The molecule has 2 aromatic carbocycles. The van der Waals surface area contributed by atoms with E-state index in [1.54, 1.807) is 0 Å². The number of hydrogen-bond donors (Lipinski definition) is 0. The molecule has 0 fully saturated rings. The van der Waals surface area contributed by atoms with Gasteiger partial charge in [-0.1, -0.05) is 24.3 Å². The maximum Gasteiger partial charge on any atom is 0.0961 e. The van der Waals surface area contributed by atoms with Crippen LogP contribution in [-0.2, 0) is 6.54 Å². The largest absolute Gasteiger partial charge is 0.326 e. The summed E-state index contributed by atoms with van der Waals surface area (Å²) >= 11 is 2.32. The van der Waals surface area contributed by atoms with Gasteiger partial charge in [-0.05, 0) is 52.4 Å². The van der Waals surface area contributed by atoms with E-state index in [2.05, 4.69) is 68.5 Å². The van der Waals surface area contributed by atoms with Crippen LogP contribution in [0.25, 0.3) is 11.0 Å². The van der Waals surface area contributed by atoms with Crippen LogP contribution < -0.4 is 0 Å². The third-order valence-electron chi connectivity index (χ3n) is 2.79. The topological polar surface area (TPSA) is 17.8 Å². The van der Waals surface area contributed by atoms with Crippen LogP contribution >= 0.6 is 22.6 Å². The van der Waals surface area contributed by atoms with Gasteiger partial charge in [-0.25, -0.2) is 4.98 Å². The zero-order valence-electron chi connectivity index (χ0n) is 9.18. The van der Waals surface area contributed by atoms with Crippen molar-refractivity contribution < 1.29 is 0 Å². The summed E-state index contributed by atoms with van der Waals surface area (Å²) in [6.45, 7) is 0.872. The Labute approximate surface area is 113 Å². The highest BCUT2D eigenvalue weighted by molar-refractivity contribution is 14.1. The number of aromatic nitrogens is 2. The number of fused-ring (bicyclic) bond motifs is 1. The lowest BCUT2D eigenvalue weighted by atomic mass is 10.2. The Morgan fingerprint density at radius 2 is 1.76 bits per heavy atom. The number of benzene rings is 2. The van der Waals surface area contributed by atoms with Crippen LogP contribution in [0.5, 0.6) is 0 Å². The van der Waals surface area contributed by atoms with Gasteiger partial charge in [0.1, 0.15) is 0 Å². The third kappa shape index (κ3) is 2.20. The molecule has 0 saturated carbocycles. The van der Waals surface area contributed by atoms with Gasteiger partial charge >= 0.3 is 0 Å². The van der Waals surface area contributed by atoms with Crippen LogP contribution in [-0.4, -0.2) is 9.55 Å². The molecule has 3 rings (SSSR count). The van der Waals surface area contributed by atoms with Crippen LogP contribution in [0.15, 0.2) is 54.9 Å². The SMILES string of the molecule is Ic1ccc(Cn2cnc3ccccc32)cc1. The highest BCUT2D eigenvalue weighted by Crippen LogP contribution is 2.14. The Morgan fingerprint density at radius 1 is 1.00 bits per heavy atom. The van der Waals surface area contributed by atoms with Gasteiger partial charge in [0.15, 0.2) is 0 Å². The average Bonchev–Trinajstić information content (AvgIpc) is 2.76. The zero-order valence-corrected chi connectivity index (χ0v) is 11.3. The number of hydrogen-bond acceptors (Lipinski definition) is 1. The van der Waals surface area contributed by atoms with E-state index in [0.29, 0.717) is 0 Å². The van der Waals surface area contributed by atoms with Gasteiger partial charge in [-0.2, -0.15) is 0 Å². The fraction of sp³-hybridized carbons (Fsp3) is 0.0714. The summed E-state index contributed by atoms with van der Waals surface area (Å²) in [4.78, 5) is 4.39. The molecule has 0 aliphatic carbocycles. The molecular weight excluding hydrogens is 323 g/mol. The minimum atomic E-state index is 0.872. The minimum Gasteiger partial charge on any atom is -0.326 e. The van der Waals surface area contributed by atoms with E-state index < -0.39 is 0 Å². The van der Waals surface area contributed by atoms with Crippen LogP contribution in [0, 0.1) is 3.57 Å². The highest BCUT2D eigenvalue weighted by atomic mass is 127. The lowest BCUT2D eigenvalue weighted by Gasteiger charge is -2.04. The molecule has 0 aliphatic heterocycles. The van der Waals surface area contributed by atoms with Crippen LogP contribution in [0.3, 0.4) is 0 Å². The number of imidazole rings is 1. The number of halogens is 1. The van der Waals surface area contributed by atoms with Crippen molar-refractivity contribution in [1.29, 1.82) is 0 Å². The molecule has 0 spiro atoms. The smallest absolute Gasteiger partial charge is 0.0961 e. The molecule has 3 aromatic rings. The Bertz CT molecular complexity index is 641. The number of nitrogens with zero attached hydrogens (tertiary/aromatic N) is 2. The molecule has 84 valence electrons. The van der Waals surface area contributed by atoms with Crippen LogP contribution in [0.2, 0.25) is 0 Å². The summed E-state index contributed by atoms with van der Waals surface area (Å²) in [5.74, 6) is 0. The van der Waals surface area contributed by atoms with Crippen molar-refractivity contribution in [2.75, 3.05) is 0 Å². The molecular formula is C14H11IN2. The summed E-state index contributed by atoms with van der Waals surface area (Å²) in [6, 6.07) is 16.8. The molecule has 1 heterocycles. The molecule has 17 heavy (non-hydrogen) atoms. The second kappa shape index (κ2) is 4.49. The van der Waals surface area contributed by atoms with Gasteiger partial charge in [0.2, 0.25) is 0 Å². The number of rotatable bonds is 2. The molecule has 0 atom stereocenters. The van der Waals surface area contributed by atoms with Gasteiger partial charge < -0.3 is 4.57 Å². The molecule has 0 N–H and O–H groups in total. The number of para-hydroxylation sites is 2. The van der Waals surface area contributed by atoms with Gasteiger partial charge in [-0.15, -0.1) is 0 Å². The van der Waals surface area contributed by atoms with E-state index in [1.165, 1.54) is 14.7 Å². The van der Waals surface area contributed by atoms with Gasteiger partial charge in [0, 0.05) is 10.1 Å².